The normalized spacial score (nSPS) is 10.8. The summed E-state index contributed by atoms with van der Waals surface area (Å²) in [4.78, 5) is 0. The summed E-state index contributed by atoms with van der Waals surface area (Å²) in [6.45, 7) is 4.92. The van der Waals surface area contributed by atoms with Crippen molar-refractivity contribution in [1.82, 2.24) is 0 Å². The minimum Gasteiger partial charge on any atom is -0.381 e. The maximum absolute atomic E-state index is 12.9. The van der Waals surface area contributed by atoms with E-state index in [-0.39, 0.29) is 5.82 Å². The van der Waals surface area contributed by atoms with Gasteiger partial charge in [-0.2, -0.15) is 0 Å². The lowest BCUT2D eigenvalue weighted by molar-refractivity contribution is 0.627. The summed E-state index contributed by atoms with van der Waals surface area (Å²) in [5, 5.41) is 3.73. The van der Waals surface area contributed by atoms with Crippen LogP contribution in [0.4, 0.5) is 10.1 Å². The zero-order valence-electron chi connectivity index (χ0n) is 11.1. The van der Waals surface area contributed by atoms with Gasteiger partial charge in [0.2, 0.25) is 0 Å². The molecule has 0 saturated carbocycles. The molecule has 1 N–H and O–H groups in total. The molecule has 0 amide bonds. The molecule has 0 saturated heterocycles. The Bertz CT molecular complexity index is 549. The first-order chi connectivity index (χ1) is 9.06. The summed E-state index contributed by atoms with van der Waals surface area (Å²) in [6.07, 6.45) is 0. The zero-order valence-corrected chi connectivity index (χ0v) is 11.8. The zero-order chi connectivity index (χ0) is 13.8. The van der Waals surface area contributed by atoms with Crippen LogP contribution in [0.15, 0.2) is 42.5 Å². The molecule has 2 aromatic rings. The first kappa shape index (κ1) is 13.9. The molecule has 2 rings (SSSR count). The molecule has 0 heterocycles. The fourth-order valence-electron chi connectivity index (χ4n) is 1.85. The van der Waals surface area contributed by atoms with Crippen LogP contribution in [0, 0.1) is 5.82 Å². The standard InChI is InChI=1S/C16H17ClFN/c1-11(2)12-4-7-15(8-5-12)19-10-13-3-6-14(18)9-16(13)17/h3-9,11,19H,10H2,1-2H3. The van der Waals surface area contributed by atoms with Gasteiger partial charge >= 0.3 is 0 Å². The lowest BCUT2D eigenvalue weighted by atomic mass is 10.0. The van der Waals surface area contributed by atoms with Gasteiger partial charge in [0.1, 0.15) is 5.82 Å². The quantitative estimate of drug-likeness (QED) is 0.808. The monoisotopic (exact) mass is 277 g/mol. The third-order valence-electron chi connectivity index (χ3n) is 3.08. The van der Waals surface area contributed by atoms with Crippen molar-refractivity contribution in [2.75, 3.05) is 5.32 Å². The molecule has 0 bridgehead atoms. The SMILES string of the molecule is CC(C)c1ccc(NCc2ccc(F)cc2Cl)cc1. The van der Waals surface area contributed by atoms with E-state index in [2.05, 4.69) is 31.3 Å². The van der Waals surface area contributed by atoms with Crippen LogP contribution in [0.1, 0.15) is 30.9 Å². The smallest absolute Gasteiger partial charge is 0.124 e. The Morgan fingerprint density at radius 2 is 1.79 bits per heavy atom. The van der Waals surface area contributed by atoms with E-state index in [1.807, 2.05) is 12.1 Å². The van der Waals surface area contributed by atoms with Gasteiger partial charge < -0.3 is 5.32 Å². The van der Waals surface area contributed by atoms with Gasteiger partial charge in [-0.15, -0.1) is 0 Å². The maximum Gasteiger partial charge on any atom is 0.124 e. The van der Waals surface area contributed by atoms with Crippen molar-refractivity contribution < 1.29 is 4.39 Å². The average Bonchev–Trinajstić information content (AvgIpc) is 2.38. The highest BCUT2D eigenvalue weighted by molar-refractivity contribution is 6.31. The molecule has 0 unspecified atom stereocenters. The number of hydrogen-bond donors (Lipinski definition) is 1. The highest BCUT2D eigenvalue weighted by Gasteiger charge is 2.02. The van der Waals surface area contributed by atoms with Crippen LogP contribution in [0.5, 0.6) is 0 Å². The van der Waals surface area contributed by atoms with Gasteiger partial charge in [-0.3, -0.25) is 0 Å². The molecule has 0 spiro atoms. The highest BCUT2D eigenvalue weighted by atomic mass is 35.5. The first-order valence-corrected chi connectivity index (χ1v) is 6.72. The summed E-state index contributed by atoms with van der Waals surface area (Å²) in [6, 6.07) is 12.8. The predicted octanol–water partition coefficient (Wildman–Crippen LogP) is 5.21. The molecule has 1 nitrogen and oxygen atoms in total. The van der Waals surface area contributed by atoms with Gasteiger partial charge in [0.05, 0.1) is 0 Å². The van der Waals surface area contributed by atoms with Crippen molar-refractivity contribution >= 4 is 17.3 Å². The van der Waals surface area contributed by atoms with Crippen LogP contribution in [-0.2, 0) is 6.54 Å². The van der Waals surface area contributed by atoms with Crippen molar-refractivity contribution in [2.24, 2.45) is 0 Å². The molecule has 0 aliphatic heterocycles. The molecular formula is C16H17ClFN. The molecule has 0 atom stereocenters. The van der Waals surface area contributed by atoms with Crippen molar-refractivity contribution in [1.29, 1.82) is 0 Å². The van der Waals surface area contributed by atoms with E-state index >= 15 is 0 Å². The van der Waals surface area contributed by atoms with Crippen LogP contribution < -0.4 is 5.32 Å². The molecule has 100 valence electrons. The van der Waals surface area contributed by atoms with Crippen LogP contribution in [-0.4, -0.2) is 0 Å². The summed E-state index contributed by atoms with van der Waals surface area (Å²) in [7, 11) is 0. The highest BCUT2D eigenvalue weighted by Crippen LogP contribution is 2.20. The van der Waals surface area contributed by atoms with Crippen LogP contribution in [0.2, 0.25) is 5.02 Å². The number of anilines is 1. The number of rotatable bonds is 4. The van der Waals surface area contributed by atoms with E-state index in [9.17, 15) is 4.39 Å². The molecule has 0 radical (unpaired) electrons. The second-order valence-corrected chi connectivity index (χ2v) is 5.27. The second kappa shape index (κ2) is 6.07. The van der Waals surface area contributed by atoms with E-state index in [0.717, 1.165) is 11.3 Å². The Morgan fingerprint density at radius 1 is 1.11 bits per heavy atom. The van der Waals surface area contributed by atoms with Gasteiger partial charge in [-0.05, 0) is 41.3 Å². The third kappa shape index (κ3) is 3.71. The minimum atomic E-state index is -0.310. The Kier molecular flexibility index (Phi) is 4.43. The van der Waals surface area contributed by atoms with Gasteiger partial charge in [-0.1, -0.05) is 43.6 Å². The van der Waals surface area contributed by atoms with Crippen molar-refractivity contribution in [2.45, 2.75) is 26.3 Å². The molecule has 0 fully saturated rings. The predicted molar refractivity (Wildman–Crippen MR) is 79.3 cm³/mol. The van der Waals surface area contributed by atoms with Crippen LogP contribution in [0.25, 0.3) is 0 Å². The molecule has 0 aliphatic carbocycles. The Labute approximate surface area is 118 Å². The summed E-state index contributed by atoms with van der Waals surface area (Å²) in [5.74, 6) is 0.218. The Balaban J connectivity index is 2.02. The minimum absolute atomic E-state index is 0.310. The fourth-order valence-corrected chi connectivity index (χ4v) is 2.08. The van der Waals surface area contributed by atoms with E-state index in [0.29, 0.717) is 17.5 Å². The maximum atomic E-state index is 12.9. The van der Waals surface area contributed by atoms with Gasteiger partial charge in [-0.25, -0.2) is 4.39 Å². The topological polar surface area (TPSA) is 12.0 Å². The summed E-state index contributed by atoms with van der Waals surface area (Å²) >= 11 is 5.98. The molecular weight excluding hydrogens is 261 g/mol. The van der Waals surface area contributed by atoms with Gasteiger partial charge in [0.25, 0.3) is 0 Å². The average molecular weight is 278 g/mol. The van der Waals surface area contributed by atoms with Crippen molar-refractivity contribution in [3.63, 3.8) is 0 Å². The molecule has 19 heavy (non-hydrogen) atoms. The first-order valence-electron chi connectivity index (χ1n) is 6.34. The lowest BCUT2D eigenvalue weighted by Gasteiger charge is -2.10. The number of hydrogen-bond acceptors (Lipinski definition) is 1. The largest absolute Gasteiger partial charge is 0.381 e. The van der Waals surface area contributed by atoms with E-state index in [1.54, 1.807) is 6.07 Å². The molecule has 2 aromatic carbocycles. The Morgan fingerprint density at radius 3 is 2.37 bits per heavy atom. The number of nitrogens with one attached hydrogen (secondary N) is 1. The van der Waals surface area contributed by atoms with E-state index < -0.39 is 0 Å². The van der Waals surface area contributed by atoms with E-state index in [4.69, 9.17) is 11.6 Å². The molecule has 0 aromatic heterocycles. The van der Waals surface area contributed by atoms with Gasteiger partial charge in [0.15, 0.2) is 0 Å². The fraction of sp³-hybridized carbons (Fsp3) is 0.250. The van der Waals surface area contributed by atoms with E-state index in [1.165, 1.54) is 17.7 Å². The van der Waals surface area contributed by atoms with Crippen molar-refractivity contribution in [3.8, 4) is 0 Å². The molecule has 3 heteroatoms. The molecule has 0 aliphatic rings. The third-order valence-corrected chi connectivity index (χ3v) is 3.43. The van der Waals surface area contributed by atoms with Crippen LogP contribution >= 0.6 is 11.6 Å². The Hall–Kier alpha value is -1.54. The number of halogens is 2. The summed E-state index contributed by atoms with van der Waals surface area (Å²) < 4.78 is 12.9. The summed E-state index contributed by atoms with van der Waals surface area (Å²) in [5.41, 5.74) is 3.23. The van der Waals surface area contributed by atoms with Gasteiger partial charge in [0, 0.05) is 17.3 Å². The lowest BCUT2D eigenvalue weighted by Crippen LogP contribution is -2.00. The number of benzene rings is 2. The van der Waals surface area contributed by atoms with Crippen LogP contribution in [0.3, 0.4) is 0 Å². The van der Waals surface area contributed by atoms with Crippen molar-refractivity contribution in [3.05, 3.63) is 64.4 Å². The second-order valence-electron chi connectivity index (χ2n) is 4.87.